The molecule has 4 aliphatic heterocycles. The number of nitrogens with zero attached hydrogens (tertiary/aromatic N) is 3. The lowest BCUT2D eigenvalue weighted by atomic mass is 9.89. The van der Waals surface area contributed by atoms with E-state index in [1.165, 1.54) is 16.4 Å². The number of rotatable bonds is 5. The second kappa shape index (κ2) is 11.6. The molecule has 0 unspecified atom stereocenters. The molecule has 4 aliphatic rings. The van der Waals surface area contributed by atoms with Crippen LogP contribution in [0.15, 0.2) is 40.7 Å². The van der Waals surface area contributed by atoms with Crippen molar-refractivity contribution in [3.63, 3.8) is 0 Å². The number of likely N-dealkylation sites (tertiary alicyclic amines) is 1. The van der Waals surface area contributed by atoms with Crippen molar-refractivity contribution < 1.29 is 50.1 Å². The smallest absolute Gasteiger partial charge is 0.421 e. The summed E-state index contributed by atoms with van der Waals surface area (Å²) in [5, 5.41) is 13.9. The average molecular weight is 695 g/mol. The zero-order chi connectivity index (χ0) is 34.9. The lowest BCUT2D eigenvalue weighted by Gasteiger charge is -2.36. The van der Waals surface area contributed by atoms with Crippen LogP contribution in [0.5, 0.6) is 11.5 Å². The number of aliphatic imine (C=N–C) groups is 1. The number of amidine groups is 1. The summed E-state index contributed by atoms with van der Waals surface area (Å²) in [5.41, 5.74) is 0.579. The van der Waals surface area contributed by atoms with Gasteiger partial charge in [0.25, 0.3) is 11.8 Å². The molecule has 2 fully saturated rings. The molecule has 2 N–H and O–H groups in total. The van der Waals surface area contributed by atoms with Crippen LogP contribution in [0.2, 0.25) is 0 Å². The van der Waals surface area contributed by atoms with E-state index in [4.69, 9.17) is 0 Å². The number of halogens is 4. The van der Waals surface area contributed by atoms with E-state index < -0.39 is 50.8 Å². The fraction of sp³-hybridized carbons (Fsp3) is 0.469. The Morgan fingerprint density at radius 1 is 0.938 bits per heavy atom. The Kier molecular flexibility index (Phi) is 8.15. The van der Waals surface area contributed by atoms with E-state index in [1.54, 1.807) is 37.8 Å². The van der Waals surface area contributed by atoms with E-state index in [1.807, 2.05) is 0 Å². The number of hydrogen-bond acceptors (Lipinski definition) is 8. The number of benzene rings is 2. The molecule has 1 spiro atoms. The van der Waals surface area contributed by atoms with Gasteiger partial charge < -0.3 is 24.8 Å². The van der Waals surface area contributed by atoms with Crippen molar-refractivity contribution in [1.82, 2.24) is 14.5 Å². The molecule has 2 amide bonds. The van der Waals surface area contributed by atoms with E-state index >= 15 is 0 Å². The predicted octanol–water partition coefficient (Wildman–Crippen LogP) is 3.96. The largest absolute Gasteiger partial charge is 0.507 e. The van der Waals surface area contributed by atoms with Gasteiger partial charge in [-0.1, -0.05) is 0 Å². The van der Waals surface area contributed by atoms with Gasteiger partial charge in [-0.2, -0.15) is 21.9 Å². The Bertz CT molecular complexity index is 1820. The SMILES string of the molecule is Cc1cc(C(=O)N2CCC(C)(O)CC2)cc(C)c1/C=C/S(=O)(=O)N1CCC2(CC1)N=C(c1ccc3c(c1)OC(F)(F)C(F)(F)O3)NC2=O. The first-order chi connectivity index (χ1) is 22.3. The molecule has 0 aromatic heterocycles. The van der Waals surface area contributed by atoms with Crippen molar-refractivity contribution in [2.75, 3.05) is 26.2 Å². The monoisotopic (exact) mass is 694 g/mol. The third kappa shape index (κ3) is 6.16. The standard InChI is InChI=1S/C32H34F4N4O7S/c1-19-16-22(27(41)39-11-7-29(3,43)8-12-39)17-20(2)23(19)6-15-48(44,45)40-13-9-30(10-14-40)28(42)37-26(38-30)21-4-5-24-25(18-21)47-32(35,36)31(33,34)46-24/h4-6,15-18,43H,7-14H2,1-3H3,(H,37,38,42)/b15-6+. The van der Waals surface area contributed by atoms with Gasteiger partial charge in [0.1, 0.15) is 11.4 Å². The molecule has 2 aromatic rings. The Hall–Kier alpha value is -4.02. The number of fused-ring (bicyclic) bond motifs is 1. The summed E-state index contributed by atoms with van der Waals surface area (Å²) >= 11 is 0. The summed E-state index contributed by atoms with van der Waals surface area (Å²) in [6.07, 6.45) is -7.26. The lowest BCUT2D eigenvalue weighted by Crippen LogP contribution is -2.52. The van der Waals surface area contributed by atoms with E-state index in [0.717, 1.165) is 17.5 Å². The Labute approximate surface area is 274 Å². The van der Waals surface area contributed by atoms with Crippen LogP contribution in [0.1, 0.15) is 65.2 Å². The van der Waals surface area contributed by atoms with Gasteiger partial charge in [-0.05, 0) is 99.6 Å². The van der Waals surface area contributed by atoms with Crippen LogP contribution in [-0.2, 0) is 14.8 Å². The van der Waals surface area contributed by atoms with Gasteiger partial charge >= 0.3 is 12.2 Å². The molecule has 4 heterocycles. The molecule has 2 saturated heterocycles. The van der Waals surface area contributed by atoms with E-state index in [9.17, 15) is 40.7 Å². The van der Waals surface area contributed by atoms with Gasteiger partial charge in [0.15, 0.2) is 11.5 Å². The Morgan fingerprint density at radius 3 is 2.12 bits per heavy atom. The Morgan fingerprint density at radius 2 is 1.52 bits per heavy atom. The summed E-state index contributed by atoms with van der Waals surface area (Å²) < 4.78 is 90.5. The number of carbonyl (C=O) groups is 2. The number of alkyl halides is 4. The summed E-state index contributed by atoms with van der Waals surface area (Å²) in [5.74, 6) is -1.91. The first kappa shape index (κ1) is 33.9. The highest BCUT2D eigenvalue weighted by Crippen LogP contribution is 2.47. The first-order valence-electron chi connectivity index (χ1n) is 15.3. The van der Waals surface area contributed by atoms with Gasteiger partial charge in [-0.25, -0.2) is 8.42 Å². The van der Waals surface area contributed by atoms with Crippen molar-refractivity contribution >= 4 is 33.7 Å². The van der Waals surface area contributed by atoms with Crippen LogP contribution in [0.25, 0.3) is 6.08 Å². The first-order valence-corrected chi connectivity index (χ1v) is 16.8. The molecule has 2 aromatic carbocycles. The number of sulfonamides is 1. The van der Waals surface area contributed by atoms with Gasteiger partial charge in [-0.15, -0.1) is 0 Å². The molecule has 0 atom stereocenters. The van der Waals surface area contributed by atoms with Crippen molar-refractivity contribution in [3.05, 3.63) is 63.6 Å². The number of aliphatic hydroxyl groups is 1. The minimum atomic E-state index is -4.91. The molecular formula is C32H34F4N4O7S. The molecule has 16 heteroatoms. The van der Waals surface area contributed by atoms with Gasteiger partial charge in [-0.3, -0.25) is 14.6 Å². The normalized spacial score (nSPS) is 22.9. The van der Waals surface area contributed by atoms with Crippen LogP contribution >= 0.6 is 0 Å². The second-order valence-electron chi connectivity index (χ2n) is 12.9. The number of ether oxygens (including phenoxy) is 2. The fourth-order valence-corrected chi connectivity index (χ4v) is 7.46. The summed E-state index contributed by atoms with van der Waals surface area (Å²) in [7, 11) is -3.92. The molecule has 11 nitrogen and oxygen atoms in total. The van der Waals surface area contributed by atoms with Crippen LogP contribution in [0, 0.1) is 13.8 Å². The number of aryl methyl sites for hydroxylation is 2. The fourth-order valence-electron chi connectivity index (χ4n) is 6.29. The zero-order valence-electron chi connectivity index (χ0n) is 26.4. The molecule has 48 heavy (non-hydrogen) atoms. The van der Waals surface area contributed by atoms with Crippen molar-refractivity contribution in [3.8, 4) is 11.5 Å². The highest BCUT2D eigenvalue weighted by atomic mass is 32.2. The zero-order valence-corrected chi connectivity index (χ0v) is 27.2. The molecule has 6 rings (SSSR count). The lowest BCUT2D eigenvalue weighted by molar-refractivity contribution is -0.391. The number of hydrogen-bond donors (Lipinski definition) is 2. The van der Waals surface area contributed by atoms with Gasteiger partial charge in [0.05, 0.1) is 5.60 Å². The average Bonchev–Trinajstić information content (AvgIpc) is 3.31. The third-order valence-corrected chi connectivity index (χ3v) is 10.9. The van der Waals surface area contributed by atoms with E-state index in [-0.39, 0.29) is 43.2 Å². The topological polar surface area (TPSA) is 138 Å². The van der Waals surface area contributed by atoms with E-state index in [2.05, 4.69) is 19.8 Å². The Balaban J connectivity index is 1.12. The number of nitrogens with one attached hydrogen (secondary N) is 1. The third-order valence-electron chi connectivity index (χ3n) is 9.30. The van der Waals surface area contributed by atoms with Gasteiger partial charge in [0.2, 0.25) is 10.0 Å². The number of carbonyl (C=O) groups excluding carboxylic acids is 2. The molecule has 0 radical (unpaired) electrons. The van der Waals surface area contributed by atoms with Crippen LogP contribution in [-0.4, -0.2) is 89.9 Å². The molecule has 0 aliphatic carbocycles. The second-order valence-corrected chi connectivity index (χ2v) is 14.7. The number of piperidine rings is 2. The quantitative estimate of drug-likeness (QED) is 0.452. The van der Waals surface area contributed by atoms with Crippen molar-refractivity contribution in [2.45, 2.75) is 69.8 Å². The summed E-state index contributed by atoms with van der Waals surface area (Å²) in [4.78, 5) is 32.3. The van der Waals surface area contributed by atoms with Crippen LogP contribution in [0.4, 0.5) is 17.6 Å². The van der Waals surface area contributed by atoms with Crippen molar-refractivity contribution in [2.24, 2.45) is 4.99 Å². The van der Waals surface area contributed by atoms with Gasteiger partial charge in [0, 0.05) is 42.7 Å². The predicted molar refractivity (Wildman–Crippen MR) is 165 cm³/mol. The molecule has 0 saturated carbocycles. The minimum Gasteiger partial charge on any atom is -0.421 e. The summed E-state index contributed by atoms with van der Waals surface area (Å²) in [6.45, 7) is 6.15. The minimum absolute atomic E-state index is 0.00305. The summed E-state index contributed by atoms with van der Waals surface area (Å²) in [6, 6.07) is 6.71. The van der Waals surface area contributed by atoms with Crippen LogP contribution < -0.4 is 14.8 Å². The maximum absolute atomic E-state index is 13.7. The van der Waals surface area contributed by atoms with Crippen molar-refractivity contribution in [1.29, 1.82) is 0 Å². The maximum atomic E-state index is 13.7. The molecular weight excluding hydrogens is 660 g/mol. The molecule has 0 bridgehead atoms. The molecule has 258 valence electrons. The van der Waals surface area contributed by atoms with Crippen LogP contribution in [0.3, 0.4) is 0 Å². The van der Waals surface area contributed by atoms with E-state index in [0.29, 0.717) is 48.2 Å². The highest BCUT2D eigenvalue weighted by molar-refractivity contribution is 7.92. The maximum Gasteiger partial charge on any atom is 0.507 e. The highest BCUT2D eigenvalue weighted by Gasteiger charge is 2.66. The number of amides is 2.